The number of para-hydroxylation sites is 1. The average molecular weight is 352 g/mol. The first-order valence-corrected chi connectivity index (χ1v) is 8.58. The summed E-state index contributed by atoms with van der Waals surface area (Å²) in [5.74, 6) is -0.636. The van der Waals surface area contributed by atoms with Crippen LogP contribution >= 0.6 is 0 Å². The van der Waals surface area contributed by atoms with Crippen LogP contribution in [0.1, 0.15) is 29.4 Å². The van der Waals surface area contributed by atoms with Crippen LogP contribution in [0.25, 0.3) is 11.8 Å². The van der Waals surface area contributed by atoms with Gasteiger partial charge in [0.05, 0.1) is 6.61 Å². The third-order valence-corrected chi connectivity index (χ3v) is 4.24. The van der Waals surface area contributed by atoms with Gasteiger partial charge in [-0.1, -0.05) is 25.1 Å². The molecule has 1 aromatic carbocycles. The summed E-state index contributed by atoms with van der Waals surface area (Å²) in [7, 11) is 1.53. The van der Waals surface area contributed by atoms with E-state index < -0.39 is 5.97 Å². The summed E-state index contributed by atoms with van der Waals surface area (Å²) in [5, 5.41) is 9.32. The molecule has 0 amide bonds. The molecule has 1 heterocycles. The summed E-state index contributed by atoms with van der Waals surface area (Å²) >= 11 is 0. The molecule has 0 aliphatic rings. The maximum Gasteiger partial charge on any atom is 0.348 e. The monoisotopic (exact) mass is 352 g/mol. The quantitative estimate of drug-likeness (QED) is 0.329. The van der Waals surface area contributed by atoms with Crippen LogP contribution in [0.4, 0.5) is 0 Å². The van der Waals surface area contributed by atoms with Gasteiger partial charge in [-0.3, -0.25) is 0 Å². The predicted molar refractivity (Wildman–Crippen MR) is 101 cm³/mol. The molecule has 0 fully saturated rings. The summed E-state index contributed by atoms with van der Waals surface area (Å²) in [6.45, 7) is 6.54. The first-order valence-electron chi connectivity index (χ1n) is 8.58. The second kappa shape index (κ2) is 9.02. The molecule has 5 heteroatoms. The molecule has 2 aromatic rings. The van der Waals surface area contributed by atoms with Crippen molar-refractivity contribution in [2.24, 2.45) is 0 Å². The molecule has 136 valence electrons. The number of hydrogen-bond acceptors (Lipinski definition) is 4. The van der Waals surface area contributed by atoms with Crippen LogP contribution in [0.5, 0.6) is 0 Å². The number of nitrogens with zero attached hydrogens (tertiary/aromatic N) is 2. The SMILES string of the molecule is CCc1ccccc1-n1c(C)cc(/C=C(\C#N)C(=O)OCCOC)c1C. The molecule has 0 aliphatic heterocycles. The Balaban J connectivity index is 2.40. The van der Waals surface area contributed by atoms with E-state index in [1.807, 2.05) is 38.1 Å². The summed E-state index contributed by atoms with van der Waals surface area (Å²) in [6.07, 6.45) is 2.51. The molecule has 0 saturated carbocycles. The van der Waals surface area contributed by atoms with Crippen LogP contribution in [0.3, 0.4) is 0 Å². The van der Waals surface area contributed by atoms with Gasteiger partial charge < -0.3 is 14.0 Å². The van der Waals surface area contributed by atoms with E-state index in [9.17, 15) is 10.1 Å². The van der Waals surface area contributed by atoms with E-state index in [1.165, 1.54) is 12.7 Å². The van der Waals surface area contributed by atoms with Gasteiger partial charge in [-0.15, -0.1) is 0 Å². The minimum Gasteiger partial charge on any atom is -0.459 e. The topological polar surface area (TPSA) is 64.2 Å². The molecule has 26 heavy (non-hydrogen) atoms. The van der Waals surface area contributed by atoms with Crippen LogP contribution in [0, 0.1) is 25.2 Å². The van der Waals surface area contributed by atoms with Gasteiger partial charge in [-0.05, 0) is 49.6 Å². The van der Waals surface area contributed by atoms with Crippen molar-refractivity contribution in [3.05, 3.63) is 58.4 Å². The fraction of sp³-hybridized carbons (Fsp3) is 0.333. The van der Waals surface area contributed by atoms with Crippen molar-refractivity contribution in [3.8, 4) is 11.8 Å². The number of methoxy groups -OCH3 is 1. The largest absolute Gasteiger partial charge is 0.459 e. The van der Waals surface area contributed by atoms with Crippen molar-refractivity contribution in [2.45, 2.75) is 27.2 Å². The zero-order valence-electron chi connectivity index (χ0n) is 15.7. The van der Waals surface area contributed by atoms with E-state index in [1.54, 1.807) is 6.08 Å². The number of rotatable bonds is 7. The van der Waals surface area contributed by atoms with Crippen molar-refractivity contribution in [3.63, 3.8) is 0 Å². The number of ether oxygens (including phenoxy) is 2. The standard InChI is InChI=1S/C21H24N2O3/c1-5-17-8-6-7-9-20(17)23-15(2)12-18(16(23)3)13-19(14-22)21(24)26-11-10-25-4/h6-9,12-13H,5,10-11H2,1-4H3/b19-13+. The number of esters is 1. The van der Waals surface area contributed by atoms with E-state index in [0.29, 0.717) is 6.61 Å². The lowest BCUT2D eigenvalue weighted by atomic mass is 10.1. The number of carbonyl (C=O) groups excluding carboxylic acids is 1. The first kappa shape index (κ1) is 19.5. The smallest absolute Gasteiger partial charge is 0.348 e. The Morgan fingerprint density at radius 3 is 2.65 bits per heavy atom. The van der Waals surface area contributed by atoms with Gasteiger partial charge in [0.15, 0.2) is 0 Å². The molecule has 1 aromatic heterocycles. The Hall–Kier alpha value is -2.84. The highest BCUT2D eigenvalue weighted by Crippen LogP contribution is 2.25. The van der Waals surface area contributed by atoms with Gasteiger partial charge in [0.1, 0.15) is 18.2 Å². The van der Waals surface area contributed by atoms with Crippen LogP contribution in [0.15, 0.2) is 35.9 Å². The van der Waals surface area contributed by atoms with E-state index in [0.717, 1.165) is 29.1 Å². The molecular formula is C21H24N2O3. The van der Waals surface area contributed by atoms with Gasteiger partial charge in [0.2, 0.25) is 0 Å². The molecule has 2 rings (SSSR count). The summed E-state index contributed by atoms with van der Waals surface area (Å²) in [5.41, 5.74) is 5.18. The molecule has 0 unspecified atom stereocenters. The predicted octanol–water partition coefficient (Wildman–Crippen LogP) is 3.75. The number of benzene rings is 1. The molecule has 0 N–H and O–H groups in total. The fourth-order valence-electron chi connectivity index (χ4n) is 2.92. The van der Waals surface area contributed by atoms with Gasteiger partial charge in [-0.25, -0.2) is 4.79 Å². The van der Waals surface area contributed by atoms with Crippen LogP contribution in [-0.2, 0) is 20.7 Å². The molecule has 0 atom stereocenters. The van der Waals surface area contributed by atoms with Crippen molar-refractivity contribution in [1.82, 2.24) is 4.57 Å². The third kappa shape index (κ3) is 4.22. The van der Waals surface area contributed by atoms with Gasteiger partial charge in [-0.2, -0.15) is 5.26 Å². The zero-order chi connectivity index (χ0) is 19.1. The van der Waals surface area contributed by atoms with Gasteiger partial charge >= 0.3 is 5.97 Å². The Morgan fingerprint density at radius 2 is 2.00 bits per heavy atom. The second-order valence-corrected chi connectivity index (χ2v) is 5.94. The van der Waals surface area contributed by atoms with Gasteiger partial charge in [0.25, 0.3) is 0 Å². The highest BCUT2D eigenvalue weighted by atomic mass is 16.6. The Morgan fingerprint density at radius 1 is 1.27 bits per heavy atom. The Labute approximate surface area is 154 Å². The molecule has 0 saturated heterocycles. The zero-order valence-corrected chi connectivity index (χ0v) is 15.7. The molecule has 5 nitrogen and oxygen atoms in total. The number of nitriles is 1. The molecular weight excluding hydrogens is 328 g/mol. The molecule has 0 radical (unpaired) electrons. The maximum atomic E-state index is 12.1. The normalized spacial score (nSPS) is 11.3. The third-order valence-electron chi connectivity index (χ3n) is 4.24. The summed E-state index contributed by atoms with van der Waals surface area (Å²) < 4.78 is 12.0. The van der Waals surface area contributed by atoms with E-state index >= 15 is 0 Å². The van der Waals surface area contributed by atoms with Crippen molar-refractivity contribution >= 4 is 12.0 Å². The lowest BCUT2D eigenvalue weighted by molar-refractivity contribution is -0.139. The summed E-state index contributed by atoms with van der Waals surface area (Å²) in [6, 6.07) is 12.1. The Kier molecular flexibility index (Phi) is 6.76. The number of hydrogen-bond donors (Lipinski definition) is 0. The van der Waals surface area contributed by atoms with Crippen molar-refractivity contribution in [1.29, 1.82) is 5.26 Å². The Bertz CT molecular complexity index is 857. The number of carbonyl (C=O) groups is 1. The van der Waals surface area contributed by atoms with Gasteiger partial charge in [0, 0.05) is 24.2 Å². The minimum absolute atomic E-state index is 0.0230. The van der Waals surface area contributed by atoms with E-state index in [-0.39, 0.29) is 12.2 Å². The highest BCUT2D eigenvalue weighted by molar-refractivity contribution is 5.98. The molecule has 0 spiro atoms. The molecule has 0 aliphatic carbocycles. The molecule has 0 bridgehead atoms. The van der Waals surface area contributed by atoms with Crippen LogP contribution in [0.2, 0.25) is 0 Å². The maximum absolute atomic E-state index is 12.1. The number of aryl methyl sites for hydroxylation is 2. The average Bonchev–Trinajstić information content (AvgIpc) is 2.92. The summed E-state index contributed by atoms with van der Waals surface area (Å²) in [4.78, 5) is 12.1. The van der Waals surface area contributed by atoms with Crippen LogP contribution < -0.4 is 0 Å². The second-order valence-electron chi connectivity index (χ2n) is 5.94. The van der Waals surface area contributed by atoms with Crippen molar-refractivity contribution in [2.75, 3.05) is 20.3 Å². The van der Waals surface area contributed by atoms with Crippen molar-refractivity contribution < 1.29 is 14.3 Å². The first-order chi connectivity index (χ1) is 12.5. The minimum atomic E-state index is -0.636. The van der Waals surface area contributed by atoms with Crippen LogP contribution in [-0.4, -0.2) is 30.9 Å². The fourth-order valence-corrected chi connectivity index (χ4v) is 2.92. The number of aromatic nitrogens is 1. The lowest BCUT2D eigenvalue weighted by Crippen LogP contribution is -2.11. The highest BCUT2D eigenvalue weighted by Gasteiger charge is 2.15. The van der Waals surface area contributed by atoms with E-state index in [4.69, 9.17) is 9.47 Å². The van der Waals surface area contributed by atoms with E-state index in [2.05, 4.69) is 23.6 Å². The lowest BCUT2D eigenvalue weighted by Gasteiger charge is -2.14.